The average molecular weight is 864 g/mol. The van der Waals surface area contributed by atoms with Crippen molar-refractivity contribution in [2.75, 3.05) is 13.1 Å². The highest BCUT2D eigenvalue weighted by Gasteiger charge is 2.36. The first-order valence-electron chi connectivity index (χ1n) is 21.4. The van der Waals surface area contributed by atoms with Crippen LogP contribution in [0, 0.1) is 17.8 Å². The number of phenols is 1. The number of benzene rings is 1. The Morgan fingerprint density at radius 1 is 0.574 bits per heavy atom. The monoisotopic (exact) mass is 864 g/mol. The summed E-state index contributed by atoms with van der Waals surface area (Å²) in [6.07, 6.45) is 1.47. The van der Waals surface area contributed by atoms with Crippen molar-refractivity contribution < 1.29 is 48.9 Å². The van der Waals surface area contributed by atoms with Gasteiger partial charge in [-0.25, -0.2) is 4.79 Å². The molecule has 19 nitrogen and oxygen atoms in total. The molecule has 0 unspecified atom stereocenters. The summed E-state index contributed by atoms with van der Waals surface area (Å²) in [5.41, 5.74) is 18.0. The van der Waals surface area contributed by atoms with E-state index in [1.54, 1.807) is 34.6 Å². The Labute approximate surface area is 359 Å². The van der Waals surface area contributed by atoms with Crippen LogP contribution in [0.2, 0.25) is 0 Å². The van der Waals surface area contributed by atoms with Crippen molar-refractivity contribution in [1.82, 2.24) is 31.9 Å². The number of carboxylic acids is 1. The summed E-state index contributed by atoms with van der Waals surface area (Å²) in [7, 11) is 0. The van der Waals surface area contributed by atoms with Crippen molar-refractivity contribution in [3.63, 3.8) is 0 Å². The van der Waals surface area contributed by atoms with Gasteiger partial charge in [-0.15, -0.1) is 0 Å². The number of aromatic hydroxyl groups is 1. The van der Waals surface area contributed by atoms with Crippen molar-refractivity contribution in [3.05, 3.63) is 29.8 Å². The number of hydrogen-bond acceptors (Lipinski definition) is 12. The molecule has 0 aliphatic rings. The van der Waals surface area contributed by atoms with Crippen molar-refractivity contribution in [3.8, 4) is 5.75 Å². The van der Waals surface area contributed by atoms with Crippen LogP contribution in [0.15, 0.2) is 24.3 Å². The molecule has 0 fully saturated rings. The van der Waals surface area contributed by atoms with Crippen molar-refractivity contribution in [2.45, 2.75) is 155 Å². The van der Waals surface area contributed by atoms with E-state index >= 15 is 0 Å². The number of rotatable bonds is 29. The van der Waals surface area contributed by atoms with Gasteiger partial charge in [0.1, 0.15) is 42.0 Å². The number of carboxylic acid groups (broad SMARTS) is 1. The zero-order valence-electron chi connectivity index (χ0n) is 36.9. The van der Waals surface area contributed by atoms with Gasteiger partial charge in [0.2, 0.25) is 35.4 Å². The van der Waals surface area contributed by atoms with E-state index in [9.17, 15) is 48.9 Å². The number of nitrogens with one attached hydrogen (secondary N) is 6. The zero-order valence-corrected chi connectivity index (χ0v) is 36.9. The van der Waals surface area contributed by atoms with Gasteiger partial charge in [0.05, 0.1) is 12.1 Å². The van der Waals surface area contributed by atoms with Crippen LogP contribution in [0.25, 0.3) is 0 Å². The number of phenolic OH excluding ortho intramolecular Hbond substituents is 1. The van der Waals surface area contributed by atoms with Crippen molar-refractivity contribution in [1.29, 1.82) is 0 Å². The lowest BCUT2D eigenvalue weighted by molar-refractivity contribution is -0.144. The second-order valence-corrected chi connectivity index (χ2v) is 16.2. The first-order chi connectivity index (χ1) is 28.7. The fraction of sp³-hybridized carbons (Fsp3) is 0.690. The molecule has 0 saturated carbocycles. The number of aliphatic carboxylic acids is 1. The summed E-state index contributed by atoms with van der Waals surface area (Å²) in [5, 5.41) is 46.0. The van der Waals surface area contributed by atoms with Crippen LogP contribution in [-0.2, 0) is 40.0 Å². The van der Waals surface area contributed by atoms with Crippen LogP contribution >= 0.6 is 0 Å². The molecule has 6 amide bonds. The molecule has 0 aliphatic heterocycles. The highest BCUT2D eigenvalue weighted by molar-refractivity contribution is 5.97. The third kappa shape index (κ3) is 18.8. The fourth-order valence-electron chi connectivity index (χ4n) is 6.29. The normalized spacial score (nSPS) is 16.3. The highest BCUT2D eigenvalue weighted by atomic mass is 16.4. The number of carbonyl (C=O) groups is 7. The number of carbonyl (C=O) groups excluding carboxylic acids is 6. The number of aliphatic hydroxyl groups excluding tert-OH is 1. The number of hydrogen-bond donors (Lipinski definition) is 12. The Balaban J connectivity index is 3.50. The van der Waals surface area contributed by atoms with Crippen LogP contribution < -0.4 is 49.1 Å². The lowest BCUT2D eigenvalue weighted by atomic mass is 9.97. The standard InChI is InChI=1S/C42H73N9O10/c1-8-24(5)32(45)39(57)49-33(23(3)4)40(58)51-35(26(7)52)41(59)48-31(22-27-16-18-28(53)19-17-27)38(56)47-29(14-10-12-20-43)36(54)46-30(15-11-13-21-44)37(55)50-34(42(60)61)25(6)9-2/h16-19,23-26,29-35,52-53H,8-15,20-22,43-45H2,1-7H3,(H,46,54)(H,47,56)(H,48,59)(H,49,57)(H,50,55)(H,51,58)(H,60,61)/t24-,25-,26+,29-,30-,31-,32-,33-,34-,35-/m0/s1. The summed E-state index contributed by atoms with van der Waals surface area (Å²) < 4.78 is 0. The van der Waals surface area contributed by atoms with Gasteiger partial charge >= 0.3 is 5.97 Å². The molecule has 0 saturated heterocycles. The molecule has 0 heterocycles. The third-order valence-electron chi connectivity index (χ3n) is 10.8. The van der Waals surface area contributed by atoms with Gasteiger partial charge in [-0.05, 0) is 94.0 Å². The van der Waals surface area contributed by atoms with E-state index in [1.807, 2.05) is 6.92 Å². The molecule has 19 heteroatoms. The molecule has 0 spiro atoms. The van der Waals surface area contributed by atoms with Crippen LogP contribution in [-0.4, -0.2) is 118 Å². The molecular weight excluding hydrogens is 791 g/mol. The number of aliphatic hydroxyl groups is 1. The van der Waals surface area contributed by atoms with E-state index in [2.05, 4.69) is 31.9 Å². The Morgan fingerprint density at radius 3 is 1.44 bits per heavy atom. The molecule has 346 valence electrons. The number of unbranched alkanes of at least 4 members (excludes halogenated alkanes) is 2. The Morgan fingerprint density at radius 2 is 1.00 bits per heavy atom. The SMILES string of the molecule is CC[C@H](C)[C@H](N)C(=O)N[C@H](C(=O)N[C@H](C(=O)N[C@@H](Cc1ccc(O)cc1)C(=O)N[C@@H](CCCCN)C(=O)N[C@@H](CCCCN)C(=O)N[C@H](C(=O)O)[C@@H](C)CC)[C@@H](C)O)C(C)C. The van der Waals surface area contributed by atoms with Crippen LogP contribution in [0.1, 0.15) is 105 Å². The number of amides is 6. The topological polar surface area (TPSA) is 330 Å². The lowest BCUT2D eigenvalue weighted by Crippen LogP contribution is -2.62. The Bertz CT molecular complexity index is 1560. The third-order valence-corrected chi connectivity index (χ3v) is 10.8. The van der Waals surface area contributed by atoms with Gasteiger partial charge in [-0.1, -0.05) is 66.5 Å². The predicted molar refractivity (Wildman–Crippen MR) is 230 cm³/mol. The first-order valence-corrected chi connectivity index (χ1v) is 21.4. The van der Waals surface area contributed by atoms with E-state index in [0.29, 0.717) is 50.6 Å². The van der Waals surface area contributed by atoms with E-state index in [0.717, 1.165) is 0 Å². The van der Waals surface area contributed by atoms with Gasteiger partial charge in [-0.2, -0.15) is 0 Å². The van der Waals surface area contributed by atoms with Crippen molar-refractivity contribution >= 4 is 41.4 Å². The summed E-state index contributed by atoms with van der Waals surface area (Å²) in [6.45, 7) is 12.4. The summed E-state index contributed by atoms with van der Waals surface area (Å²) in [5.74, 6) is -6.91. The maximum absolute atomic E-state index is 14.2. The van der Waals surface area contributed by atoms with E-state index in [-0.39, 0.29) is 37.5 Å². The van der Waals surface area contributed by atoms with Crippen molar-refractivity contribution in [2.24, 2.45) is 35.0 Å². The fourth-order valence-corrected chi connectivity index (χ4v) is 6.29. The van der Waals surface area contributed by atoms with Gasteiger partial charge in [0.25, 0.3) is 0 Å². The first kappa shape index (κ1) is 54.2. The molecule has 0 aliphatic carbocycles. The van der Waals surface area contributed by atoms with E-state index in [1.165, 1.54) is 31.2 Å². The smallest absolute Gasteiger partial charge is 0.326 e. The molecule has 61 heavy (non-hydrogen) atoms. The minimum atomic E-state index is -1.61. The maximum Gasteiger partial charge on any atom is 0.326 e. The maximum atomic E-state index is 14.2. The minimum Gasteiger partial charge on any atom is -0.508 e. The highest BCUT2D eigenvalue weighted by Crippen LogP contribution is 2.15. The molecule has 0 bridgehead atoms. The lowest BCUT2D eigenvalue weighted by Gasteiger charge is -2.29. The van der Waals surface area contributed by atoms with Gasteiger partial charge < -0.3 is 64.4 Å². The summed E-state index contributed by atoms with van der Waals surface area (Å²) >= 11 is 0. The molecule has 0 aromatic heterocycles. The number of nitrogens with two attached hydrogens (primary N) is 3. The average Bonchev–Trinajstić information content (AvgIpc) is 3.21. The van der Waals surface area contributed by atoms with E-state index < -0.39 is 102 Å². The zero-order chi connectivity index (χ0) is 46.4. The minimum absolute atomic E-state index is 0.0527. The van der Waals surface area contributed by atoms with Gasteiger partial charge in [-0.3, -0.25) is 28.8 Å². The molecule has 0 radical (unpaired) electrons. The summed E-state index contributed by atoms with van der Waals surface area (Å²) in [4.78, 5) is 94.1. The van der Waals surface area contributed by atoms with Crippen LogP contribution in [0.3, 0.4) is 0 Å². The molecule has 10 atom stereocenters. The van der Waals surface area contributed by atoms with Gasteiger partial charge in [0, 0.05) is 6.42 Å². The molecule has 1 aromatic carbocycles. The predicted octanol–water partition coefficient (Wildman–Crippen LogP) is -0.358. The molecule has 1 aromatic rings. The second-order valence-electron chi connectivity index (χ2n) is 16.2. The van der Waals surface area contributed by atoms with Crippen LogP contribution in [0.5, 0.6) is 5.75 Å². The molecule has 15 N–H and O–H groups in total. The largest absolute Gasteiger partial charge is 0.508 e. The Kier molecular flexibility index (Phi) is 24.8. The second kappa shape index (κ2) is 27.9. The molecular formula is C42H73N9O10. The quantitative estimate of drug-likeness (QED) is 0.0459. The van der Waals surface area contributed by atoms with Crippen LogP contribution in [0.4, 0.5) is 0 Å². The molecule has 1 rings (SSSR count). The van der Waals surface area contributed by atoms with Gasteiger partial charge in [0.15, 0.2) is 0 Å². The Hall–Kier alpha value is -4.85. The summed E-state index contributed by atoms with van der Waals surface area (Å²) in [6, 6.07) is -2.87. The van der Waals surface area contributed by atoms with E-state index in [4.69, 9.17) is 17.2 Å².